The van der Waals surface area contributed by atoms with Crippen LogP contribution in [-0.2, 0) is 13.0 Å². The van der Waals surface area contributed by atoms with Gasteiger partial charge in [0.15, 0.2) is 0 Å². The van der Waals surface area contributed by atoms with Crippen molar-refractivity contribution >= 4 is 11.6 Å². The first kappa shape index (κ1) is 16.5. The normalized spacial score (nSPS) is 10.4. The number of hydrogen-bond acceptors (Lipinski definition) is 5. The topological polar surface area (TPSA) is 101 Å². The minimum atomic E-state index is -0.573. The van der Waals surface area contributed by atoms with Crippen molar-refractivity contribution in [1.82, 2.24) is 15.1 Å². The van der Waals surface area contributed by atoms with Gasteiger partial charge in [-0.2, -0.15) is 5.10 Å². The Hall–Kier alpha value is -2.90. The molecule has 2 aromatic rings. The second-order valence-electron chi connectivity index (χ2n) is 5.02. The number of nitro groups is 1. The third-order valence-corrected chi connectivity index (χ3v) is 3.48. The molecule has 1 heterocycles. The summed E-state index contributed by atoms with van der Waals surface area (Å²) in [7, 11) is 3.16. The van der Waals surface area contributed by atoms with Crippen molar-refractivity contribution in [3.63, 3.8) is 0 Å². The van der Waals surface area contributed by atoms with Crippen molar-refractivity contribution in [1.29, 1.82) is 0 Å². The van der Waals surface area contributed by atoms with E-state index in [1.165, 1.54) is 4.90 Å². The molecule has 0 saturated carbocycles. The predicted octanol–water partition coefficient (Wildman–Crippen LogP) is 2.16. The van der Waals surface area contributed by atoms with Gasteiger partial charge in [-0.25, -0.2) is 0 Å². The number of methoxy groups -OCH3 is 1. The summed E-state index contributed by atoms with van der Waals surface area (Å²) in [5.41, 5.74) is 0.814. The largest absolute Gasteiger partial charge is 0.497 e. The van der Waals surface area contributed by atoms with E-state index >= 15 is 0 Å². The molecular weight excluding hydrogens is 300 g/mol. The number of H-pyrrole nitrogens is 1. The molecular formula is C15H18N4O4. The predicted molar refractivity (Wildman–Crippen MR) is 83.4 cm³/mol. The van der Waals surface area contributed by atoms with Crippen LogP contribution in [0.4, 0.5) is 5.69 Å². The molecule has 0 radical (unpaired) electrons. The summed E-state index contributed by atoms with van der Waals surface area (Å²) in [5.74, 6) is 0.224. The van der Waals surface area contributed by atoms with Gasteiger partial charge in [-0.1, -0.05) is 19.1 Å². The minimum Gasteiger partial charge on any atom is -0.497 e. The highest BCUT2D eigenvalue weighted by molar-refractivity contribution is 5.96. The summed E-state index contributed by atoms with van der Waals surface area (Å²) in [6, 6.07) is 7.25. The lowest BCUT2D eigenvalue weighted by Crippen LogP contribution is -2.27. The Labute approximate surface area is 133 Å². The highest BCUT2D eigenvalue weighted by Gasteiger charge is 2.30. The van der Waals surface area contributed by atoms with Crippen LogP contribution in [0.1, 0.15) is 28.7 Å². The highest BCUT2D eigenvalue weighted by Crippen LogP contribution is 2.23. The average Bonchev–Trinajstić information content (AvgIpc) is 2.99. The van der Waals surface area contributed by atoms with Crippen LogP contribution in [0, 0.1) is 10.1 Å². The van der Waals surface area contributed by atoms with E-state index in [9.17, 15) is 14.9 Å². The van der Waals surface area contributed by atoms with E-state index in [1.807, 2.05) is 12.1 Å². The monoisotopic (exact) mass is 318 g/mol. The second kappa shape index (κ2) is 6.91. The van der Waals surface area contributed by atoms with Crippen molar-refractivity contribution in [3.8, 4) is 5.75 Å². The number of aromatic nitrogens is 2. The minimum absolute atomic E-state index is 0.164. The van der Waals surface area contributed by atoms with Crippen LogP contribution < -0.4 is 4.74 Å². The Morgan fingerprint density at radius 3 is 2.57 bits per heavy atom. The Morgan fingerprint density at radius 1 is 1.39 bits per heavy atom. The quantitative estimate of drug-likeness (QED) is 0.649. The average molecular weight is 318 g/mol. The Bertz CT molecular complexity index is 709. The van der Waals surface area contributed by atoms with Crippen molar-refractivity contribution in [2.24, 2.45) is 0 Å². The van der Waals surface area contributed by atoms with Crippen LogP contribution in [0.15, 0.2) is 24.3 Å². The number of nitrogens with one attached hydrogen (secondary N) is 1. The van der Waals surface area contributed by atoms with Gasteiger partial charge in [-0.3, -0.25) is 20.0 Å². The van der Waals surface area contributed by atoms with Crippen molar-refractivity contribution < 1.29 is 14.5 Å². The fraction of sp³-hybridized carbons (Fsp3) is 0.333. The summed E-state index contributed by atoms with van der Waals surface area (Å²) in [6.45, 7) is 2.07. The fourth-order valence-corrected chi connectivity index (χ4v) is 2.22. The second-order valence-corrected chi connectivity index (χ2v) is 5.02. The zero-order chi connectivity index (χ0) is 17.0. The third kappa shape index (κ3) is 3.47. The van der Waals surface area contributed by atoms with Gasteiger partial charge in [0, 0.05) is 13.6 Å². The molecule has 122 valence electrons. The Morgan fingerprint density at radius 2 is 2.04 bits per heavy atom. The summed E-state index contributed by atoms with van der Waals surface area (Å²) in [4.78, 5) is 24.4. The number of carbonyl (C=O) groups excluding carboxylic acids is 1. The molecule has 8 heteroatoms. The number of rotatable bonds is 6. The molecule has 0 fully saturated rings. The van der Waals surface area contributed by atoms with Gasteiger partial charge in [0.05, 0.1) is 12.0 Å². The maximum absolute atomic E-state index is 12.4. The summed E-state index contributed by atoms with van der Waals surface area (Å²) in [6.07, 6.45) is 0.402. The van der Waals surface area contributed by atoms with Gasteiger partial charge in [0.2, 0.25) is 5.69 Å². The molecule has 2 rings (SSSR count). The Kier molecular flexibility index (Phi) is 4.95. The van der Waals surface area contributed by atoms with Crippen LogP contribution in [0.3, 0.4) is 0 Å². The number of benzene rings is 1. The highest BCUT2D eigenvalue weighted by atomic mass is 16.6. The molecule has 0 unspecified atom stereocenters. The molecule has 8 nitrogen and oxygen atoms in total. The molecule has 1 aromatic heterocycles. The molecule has 0 atom stereocenters. The van der Waals surface area contributed by atoms with Gasteiger partial charge >= 0.3 is 5.69 Å². The van der Waals surface area contributed by atoms with E-state index in [0.29, 0.717) is 18.7 Å². The van der Waals surface area contributed by atoms with E-state index in [1.54, 1.807) is 33.2 Å². The van der Waals surface area contributed by atoms with Gasteiger partial charge in [0.25, 0.3) is 5.91 Å². The van der Waals surface area contributed by atoms with Crippen molar-refractivity contribution in [2.75, 3.05) is 14.2 Å². The number of amides is 1. The molecule has 0 aliphatic heterocycles. The first-order valence-electron chi connectivity index (χ1n) is 7.08. The van der Waals surface area contributed by atoms with Gasteiger partial charge in [0.1, 0.15) is 11.4 Å². The number of aromatic amines is 1. The van der Waals surface area contributed by atoms with Gasteiger partial charge in [-0.15, -0.1) is 0 Å². The van der Waals surface area contributed by atoms with Gasteiger partial charge < -0.3 is 9.64 Å². The summed E-state index contributed by atoms with van der Waals surface area (Å²) < 4.78 is 5.08. The number of hydrogen-bond donors (Lipinski definition) is 1. The molecule has 1 aromatic carbocycles. The van der Waals surface area contributed by atoms with E-state index < -0.39 is 10.8 Å². The number of aryl methyl sites for hydroxylation is 1. The van der Waals surface area contributed by atoms with E-state index in [4.69, 9.17) is 4.74 Å². The SMILES string of the molecule is CCc1[nH]nc(C(=O)N(C)Cc2ccc(OC)cc2)c1[N+](=O)[O-]. The molecule has 0 bridgehead atoms. The number of ether oxygens (including phenoxy) is 1. The van der Waals surface area contributed by atoms with Crippen LogP contribution in [0.25, 0.3) is 0 Å². The van der Waals surface area contributed by atoms with Crippen LogP contribution in [-0.4, -0.2) is 40.1 Å². The van der Waals surface area contributed by atoms with E-state index in [0.717, 1.165) is 11.3 Å². The molecule has 23 heavy (non-hydrogen) atoms. The molecule has 0 aliphatic rings. The molecule has 1 amide bonds. The van der Waals surface area contributed by atoms with Crippen molar-refractivity contribution in [3.05, 3.63) is 51.3 Å². The lowest BCUT2D eigenvalue weighted by molar-refractivity contribution is -0.385. The smallest absolute Gasteiger partial charge is 0.322 e. The van der Waals surface area contributed by atoms with Crippen LogP contribution in [0.5, 0.6) is 5.75 Å². The van der Waals surface area contributed by atoms with Crippen LogP contribution in [0.2, 0.25) is 0 Å². The lowest BCUT2D eigenvalue weighted by atomic mass is 10.2. The summed E-state index contributed by atoms with van der Waals surface area (Å²) in [5, 5.41) is 17.6. The molecule has 0 spiro atoms. The number of carbonyl (C=O) groups is 1. The van der Waals surface area contributed by atoms with Crippen molar-refractivity contribution in [2.45, 2.75) is 19.9 Å². The van der Waals surface area contributed by atoms with E-state index in [-0.39, 0.29) is 11.4 Å². The van der Waals surface area contributed by atoms with Gasteiger partial charge in [-0.05, 0) is 24.1 Å². The first-order chi connectivity index (χ1) is 11.0. The summed E-state index contributed by atoms with van der Waals surface area (Å²) >= 11 is 0. The van der Waals surface area contributed by atoms with E-state index in [2.05, 4.69) is 10.2 Å². The molecule has 0 aliphatic carbocycles. The molecule has 1 N–H and O–H groups in total. The number of nitrogens with zero attached hydrogens (tertiary/aromatic N) is 3. The Balaban J connectivity index is 2.19. The third-order valence-electron chi connectivity index (χ3n) is 3.48. The maximum Gasteiger partial charge on any atom is 0.322 e. The fourth-order valence-electron chi connectivity index (χ4n) is 2.22. The standard InChI is InChI=1S/C15H18N4O4/c1-4-12-14(19(21)22)13(17-16-12)15(20)18(2)9-10-5-7-11(23-3)8-6-10/h5-8H,4,9H2,1-3H3,(H,16,17). The van der Waals surface area contributed by atoms with Crippen LogP contribution >= 0.6 is 0 Å². The zero-order valence-electron chi connectivity index (χ0n) is 13.2. The lowest BCUT2D eigenvalue weighted by Gasteiger charge is -2.16. The maximum atomic E-state index is 12.4. The molecule has 0 saturated heterocycles. The zero-order valence-corrected chi connectivity index (χ0v) is 13.2. The first-order valence-corrected chi connectivity index (χ1v) is 7.08.